The van der Waals surface area contributed by atoms with E-state index in [1.54, 1.807) is 6.20 Å². The number of aromatic nitrogens is 2. The Kier molecular flexibility index (Phi) is 6.87. The normalized spacial score (nSPS) is 16.1. The summed E-state index contributed by atoms with van der Waals surface area (Å²) in [7, 11) is 0. The van der Waals surface area contributed by atoms with Gasteiger partial charge in [-0.15, -0.1) is 0 Å². The Bertz CT molecular complexity index is 1200. The molecule has 1 aliphatic carbocycles. The van der Waals surface area contributed by atoms with Crippen LogP contribution in [0.4, 0.5) is 15.8 Å². The molecule has 1 aliphatic heterocycles. The fraction of sp³-hybridized carbons (Fsp3) is 0.346. The largest absolute Gasteiger partial charge is 0.379 e. The average molecular weight is 478 g/mol. The molecule has 182 valence electrons. The molecular formula is C26H28FN5O3. The van der Waals surface area contributed by atoms with Gasteiger partial charge in [-0.2, -0.15) is 5.10 Å². The van der Waals surface area contributed by atoms with Crippen molar-refractivity contribution in [2.75, 3.05) is 43.5 Å². The predicted molar refractivity (Wildman–Crippen MR) is 130 cm³/mol. The molecule has 2 N–H and O–H groups in total. The maximum absolute atomic E-state index is 14.4. The number of nitrogens with zero attached hydrogens (tertiary/aromatic N) is 3. The summed E-state index contributed by atoms with van der Waals surface area (Å²) in [6, 6.07) is 13.9. The van der Waals surface area contributed by atoms with Crippen molar-refractivity contribution in [1.82, 2.24) is 14.7 Å². The maximum Gasteiger partial charge on any atom is 0.259 e. The first-order valence-corrected chi connectivity index (χ1v) is 11.9. The number of carbonyl (C=O) groups is 2. The minimum absolute atomic E-state index is 0.0391. The minimum atomic E-state index is -0.557. The van der Waals surface area contributed by atoms with Crippen LogP contribution in [0.3, 0.4) is 0 Å². The number of morpholine rings is 1. The molecule has 0 spiro atoms. The first-order valence-electron chi connectivity index (χ1n) is 11.9. The SMILES string of the molecule is O=C(CCN1CCOCC1)Nc1cc(NC(=O)c2cnn(-c3ccccc3)c2C2CC2)ccc1F. The van der Waals surface area contributed by atoms with E-state index in [2.05, 4.69) is 20.6 Å². The molecule has 0 unspecified atom stereocenters. The zero-order valence-corrected chi connectivity index (χ0v) is 19.4. The highest BCUT2D eigenvalue weighted by Gasteiger charge is 2.33. The van der Waals surface area contributed by atoms with E-state index in [-0.39, 0.29) is 29.8 Å². The van der Waals surface area contributed by atoms with Crippen LogP contribution in [0.15, 0.2) is 54.7 Å². The first kappa shape index (κ1) is 23.2. The Morgan fingerprint density at radius 2 is 1.83 bits per heavy atom. The number of nitrogens with one attached hydrogen (secondary N) is 2. The fourth-order valence-corrected chi connectivity index (χ4v) is 4.25. The lowest BCUT2D eigenvalue weighted by atomic mass is 10.1. The van der Waals surface area contributed by atoms with E-state index in [0.29, 0.717) is 31.0 Å². The number of para-hydroxylation sites is 1. The van der Waals surface area contributed by atoms with E-state index < -0.39 is 5.82 Å². The van der Waals surface area contributed by atoms with Crippen molar-refractivity contribution < 1.29 is 18.7 Å². The zero-order valence-electron chi connectivity index (χ0n) is 19.4. The number of halogens is 1. The van der Waals surface area contributed by atoms with Gasteiger partial charge in [0, 0.05) is 37.7 Å². The van der Waals surface area contributed by atoms with Crippen LogP contribution < -0.4 is 10.6 Å². The second kappa shape index (κ2) is 10.4. The number of carbonyl (C=O) groups excluding carboxylic acids is 2. The van der Waals surface area contributed by atoms with Gasteiger partial charge in [0.05, 0.1) is 42.0 Å². The van der Waals surface area contributed by atoms with Crippen LogP contribution in [0.5, 0.6) is 0 Å². The second-order valence-corrected chi connectivity index (χ2v) is 8.87. The van der Waals surface area contributed by atoms with Gasteiger partial charge in [-0.05, 0) is 43.2 Å². The standard InChI is InChI=1S/C26H28FN5O3/c27-22-9-8-19(16-23(22)30-24(33)10-11-31-12-14-35-15-13-31)29-26(34)21-17-28-32(25(21)18-6-7-18)20-4-2-1-3-5-20/h1-5,8-9,16-18H,6-7,10-15H2,(H,29,34)(H,30,33). The summed E-state index contributed by atoms with van der Waals surface area (Å²) in [6.45, 7) is 3.47. The molecule has 1 saturated carbocycles. The summed E-state index contributed by atoms with van der Waals surface area (Å²) in [6.07, 6.45) is 3.85. The van der Waals surface area contributed by atoms with Gasteiger partial charge in [0.15, 0.2) is 0 Å². The molecule has 35 heavy (non-hydrogen) atoms. The molecule has 5 rings (SSSR count). The van der Waals surface area contributed by atoms with Crippen molar-refractivity contribution in [3.05, 3.63) is 71.8 Å². The molecule has 0 atom stereocenters. The third kappa shape index (κ3) is 5.58. The molecule has 0 radical (unpaired) electrons. The fourth-order valence-electron chi connectivity index (χ4n) is 4.25. The lowest BCUT2D eigenvalue weighted by Gasteiger charge is -2.26. The van der Waals surface area contributed by atoms with E-state index >= 15 is 0 Å². The highest BCUT2D eigenvalue weighted by atomic mass is 19.1. The number of ether oxygens (including phenoxy) is 1. The van der Waals surface area contributed by atoms with E-state index in [1.165, 1.54) is 18.2 Å². The van der Waals surface area contributed by atoms with Crippen LogP contribution in [-0.2, 0) is 9.53 Å². The quantitative estimate of drug-likeness (QED) is 0.515. The van der Waals surface area contributed by atoms with Gasteiger partial charge in [0.1, 0.15) is 5.82 Å². The van der Waals surface area contributed by atoms with Crippen LogP contribution in [0.25, 0.3) is 5.69 Å². The maximum atomic E-state index is 14.4. The summed E-state index contributed by atoms with van der Waals surface area (Å²) in [4.78, 5) is 27.7. The van der Waals surface area contributed by atoms with E-state index in [4.69, 9.17) is 4.74 Å². The molecule has 2 aliphatic rings. The molecule has 2 amide bonds. The van der Waals surface area contributed by atoms with E-state index in [0.717, 1.165) is 37.3 Å². The van der Waals surface area contributed by atoms with Gasteiger partial charge in [-0.25, -0.2) is 9.07 Å². The van der Waals surface area contributed by atoms with Crippen LogP contribution in [0.1, 0.15) is 41.2 Å². The molecule has 8 nitrogen and oxygen atoms in total. The summed E-state index contributed by atoms with van der Waals surface area (Å²) in [5.41, 5.74) is 2.72. The van der Waals surface area contributed by atoms with Gasteiger partial charge in [0.2, 0.25) is 5.91 Å². The number of benzene rings is 2. The number of rotatable bonds is 8. The summed E-state index contributed by atoms with van der Waals surface area (Å²) < 4.78 is 21.5. The average Bonchev–Trinajstić information content (AvgIpc) is 3.63. The van der Waals surface area contributed by atoms with Crippen LogP contribution in [0.2, 0.25) is 0 Å². The van der Waals surface area contributed by atoms with Crippen LogP contribution in [0, 0.1) is 5.82 Å². The highest BCUT2D eigenvalue weighted by molar-refractivity contribution is 6.05. The van der Waals surface area contributed by atoms with Gasteiger partial charge < -0.3 is 15.4 Å². The van der Waals surface area contributed by atoms with Gasteiger partial charge >= 0.3 is 0 Å². The molecule has 1 aromatic heterocycles. The Morgan fingerprint density at radius 1 is 1.06 bits per heavy atom. The summed E-state index contributed by atoms with van der Waals surface area (Å²) >= 11 is 0. The summed E-state index contributed by atoms with van der Waals surface area (Å²) in [5, 5.41) is 9.93. The van der Waals surface area contributed by atoms with Crippen molar-refractivity contribution in [3.8, 4) is 5.69 Å². The second-order valence-electron chi connectivity index (χ2n) is 8.87. The van der Waals surface area contributed by atoms with Crippen molar-refractivity contribution in [2.45, 2.75) is 25.2 Å². The van der Waals surface area contributed by atoms with Gasteiger partial charge in [0.25, 0.3) is 5.91 Å². The third-order valence-corrected chi connectivity index (χ3v) is 6.27. The number of anilines is 2. The molecule has 0 bridgehead atoms. The molecule has 2 heterocycles. The minimum Gasteiger partial charge on any atom is -0.379 e. The molecule has 1 saturated heterocycles. The van der Waals surface area contributed by atoms with Crippen molar-refractivity contribution in [3.63, 3.8) is 0 Å². The third-order valence-electron chi connectivity index (χ3n) is 6.27. The Balaban J connectivity index is 1.27. The molecular weight excluding hydrogens is 449 g/mol. The number of hydrogen-bond donors (Lipinski definition) is 2. The van der Waals surface area contributed by atoms with Gasteiger partial charge in [-0.1, -0.05) is 18.2 Å². The smallest absolute Gasteiger partial charge is 0.259 e. The summed E-state index contributed by atoms with van der Waals surface area (Å²) in [5.74, 6) is -0.865. The van der Waals surface area contributed by atoms with Crippen LogP contribution >= 0.6 is 0 Å². The van der Waals surface area contributed by atoms with Crippen molar-refractivity contribution in [1.29, 1.82) is 0 Å². The Morgan fingerprint density at radius 3 is 2.57 bits per heavy atom. The van der Waals surface area contributed by atoms with E-state index in [1.807, 2.05) is 35.0 Å². The molecule has 3 aromatic rings. The molecule has 9 heteroatoms. The predicted octanol–water partition coefficient (Wildman–Crippen LogP) is 3.80. The van der Waals surface area contributed by atoms with Crippen molar-refractivity contribution in [2.24, 2.45) is 0 Å². The number of hydrogen-bond acceptors (Lipinski definition) is 5. The van der Waals surface area contributed by atoms with Gasteiger partial charge in [-0.3, -0.25) is 14.5 Å². The lowest BCUT2D eigenvalue weighted by molar-refractivity contribution is -0.116. The van der Waals surface area contributed by atoms with Crippen LogP contribution in [-0.4, -0.2) is 59.3 Å². The Hall–Kier alpha value is -3.56. The van der Waals surface area contributed by atoms with E-state index in [9.17, 15) is 14.0 Å². The monoisotopic (exact) mass is 477 g/mol. The zero-order chi connectivity index (χ0) is 24.2. The number of amides is 2. The topological polar surface area (TPSA) is 88.5 Å². The highest BCUT2D eigenvalue weighted by Crippen LogP contribution is 2.42. The lowest BCUT2D eigenvalue weighted by Crippen LogP contribution is -2.38. The molecule has 2 fully saturated rings. The Labute approximate surface area is 203 Å². The van der Waals surface area contributed by atoms with Crippen molar-refractivity contribution >= 4 is 23.2 Å². The first-order chi connectivity index (χ1) is 17.1. The molecule has 2 aromatic carbocycles.